The summed E-state index contributed by atoms with van der Waals surface area (Å²) >= 11 is 1.43. The fourth-order valence-electron chi connectivity index (χ4n) is 3.14. The van der Waals surface area contributed by atoms with Crippen LogP contribution in [0.2, 0.25) is 0 Å². The fraction of sp³-hybridized carbons (Fsp3) is 0.294. The largest absolute Gasteiger partial charge is 0.378 e. The Labute approximate surface area is 138 Å². The summed E-state index contributed by atoms with van der Waals surface area (Å²) in [4.78, 5) is 21.2. The third kappa shape index (κ3) is 2.02. The zero-order valence-electron chi connectivity index (χ0n) is 13.0. The second-order valence-corrected chi connectivity index (χ2v) is 6.97. The molecule has 0 bridgehead atoms. The van der Waals surface area contributed by atoms with E-state index < -0.39 is 5.60 Å². The van der Waals surface area contributed by atoms with Crippen LogP contribution in [0.25, 0.3) is 0 Å². The van der Waals surface area contributed by atoms with Gasteiger partial charge < -0.3 is 14.9 Å². The van der Waals surface area contributed by atoms with E-state index in [9.17, 15) is 9.90 Å². The van der Waals surface area contributed by atoms with Gasteiger partial charge in [-0.2, -0.15) is 0 Å². The van der Waals surface area contributed by atoms with E-state index in [0.717, 1.165) is 11.4 Å². The number of rotatable bonds is 2. The lowest BCUT2D eigenvalue weighted by molar-refractivity contribution is 0.0603. The minimum atomic E-state index is -1.49. The Kier molecular flexibility index (Phi) is 3.08. The quantitative estimate of drug-likeness (QED) is 0.921. The van der Waals surface area contributed by atoms with E-state index in [1.165, 1.54) is 11.3 Å². The number of ketones is 1. The van der Waals surface area contributed by atoms with Crippen molar-refractivity contribution in [1.82, 2.24) is 0 Å². The molecule has 4 rings (SSSR count). The number of nitrogens with zero attached hydrogens (tertiary/aromatic N) is 3. The molecule has 0 spiro atoms. The molecule has 0 radical (unpaired) electrons. The Balaban J connectivity index is 1.76. The van der Waals surface area contributed by atoms with Crippen molar-refractivity contribution in [3.8, 4) is 0 Å². The van der Waals surface area contributed by atoms with E-state index in [1.807, 2.05) is 53.5 Å². The van der Waals surface area contributed by atoms with Gasteiger partial charge in [0, 0.05) is 38.4 Å². The smallest absolute Gasteiger partial charge is 0.205 e. The number of fused-ring (bicyclic) bond motifs is 2. The predicted molar refractivity (Wildman–Crippen MR) is 93.4 cm³/mol. The number of carbonyl (C=O) groups is 1. The van der Waals surface area contributed by atoms with Gasteiger partial charge in [-0.1, -0.05) is 0 Å². The first kappa shape index (κ1) is 14.4. The maximum absolute atomic E-state index is 12.6. The fourth-order valence-corrected chi connectivity index (χ4v) is 3.90. The van der Waals surface area contributed by atoms with Gasteiger partial charge in [0.05, 0.1) is 5.56 Å². The first-order valence-corrected chi connectivity index (χ1v) is 8.37. The van der Waals surface area contributed by atoms with E-state index in [0.29, 0.717) is 29.4 Å². The highest BCUT2D eigenvalue weighted by molar-refractivity contribution is 7.14. The van der Waals surface area contributed by atoms with Gasteiger partial charge in [0.2, 0.25) is 5.78 Å². The van der Waals surface area contributed by atoms with Gasteiger partial charge in [-0.25, -0.2) is 4.99 Å². The average Bonchev–Trinajstić information content (AvgIpc) is 3.13. The van der Waals surface area contributed by atoms with Crippen LogP contribution in [0.5, 0.6) is 0 Å². The zero-order chi connectivity index (χ0) is 16.2. The molecular weight excluding hydrogens is 310 g/mol. The van der Waals surface area contributed by atoms with Crippen LogP contribution in [0.4, 0.5) is 16.4 Å². The molecule has 1 fully saturated rings. The highest BCUT2D eigenvalue weighted by Crippen LogP contribution is 2.41. The van der Waals surface area contributed by atoms with Gasteiger partial charge in [-0.3, -0.25) is 4.79 Å². The van der Waals surface area contributed by atoms with Crippen molar-refractivity contribution in [3.63, 3.8) is 0 Å². The minimum Gasteiger partial charge on any atom is -0.378 e. The molecule has 6 heteroatoms. The molecular formula is C17H17N3O2S. The Hall–Kier alpha value is -2.18. The van der Waals surface area contributed by atoms with Crippen LogP contribution in [0.3, 0.4) is 0 Å². The van der Waals surface area contributed by atoms with Crippen molar-refractivity contribution >= 4 is 39.3 Å². The van der Waals surface area contributed by atoms with Crippen LogP contribution >= 0.6 is 11.3 Å². The first-order chi connectivity index (χ1) is 11.0. The first-order valence-electron chi connectivity index (χ1n) is 7.49. The van der Waals surface area contributed by atoms with Gasteiger partial charge in [0.25, 0.3) is 0 Å². The number of aliphatic imine (C=N–C) groups is 1. The molecule has 23 heavy (non-hydrogen) atoms. The molecule has 1 atom stereocenters. The van der Waals surface area contributed by atoms with Gasteiger partial charge in [-0.05, 0) is 35.7 Å². The van der Waals surface area contributed by atoms with Crippen LogP contribution < -0.4 is 9.80 Å². The predicted octanol–water partition coefficient (Wildman–Crippen LogP) is 2.68. The third-order valence-electron chi connectivity index (χ3n) is 4.47. The summed E-state index contributed by atoms with van der Waals surface area (Å²) in [6, 6.07) is 9.79. The second kappa shape index (κ2) is 4.91. The Morgan fingerprint density at radius 2 is 2.00 bits per heavy atom. The molecule has 5 nitrogen and oxygen atoms in total. The summed E-state index contributed by atoms with van der Waals surface area (Å²) in [6.07, 6.45) is 0.370. The van der Waals surface area contributed by atoms with Gasteiger partial charge in [-0.15, -0.1) is 11.3 Å². The number of hydrogen-bond acceptors (Lipinski definition) is 6. The molecule has 1 aromatic carbocycles. The van der Waals surface area contributed by atoms with Crippen molar-refractivity contribution < 1.29 is 9.90 Å². The number of thiophene rings is 1. The Morgan fingerprint density at radius 3 is 2.70 bits per heavy atom. The van der Waals surface area contributed by atoms with Crippen LogP contribution in [0, 0.1) is 0 Å². The standard InChI is InChI=1S/C17H17N3O2S/c1-19(2)11-3-5-12(6-4-11)20-9-8-17(22)14(21)13-7-10-23-15(13)18-16(17)20/h3-7,10,22H,8-9H2,1-2H3/t17-/m1/s1. The van der Waals surface area contributed by atoms with Crippen molar-refractivity contribution in [2.45, 2.75) is 12.0 Å². The average molecular weight is 327 g/mol. The molecule has 3 heterocycles. The summed E-state index contributed by atoms with van der Waals surface area (Å²) in [7, 11) is 3.98. The summed E-state index contributed by atoms with van der Waals surface area (Å²) in [5.74, 6) is 0.223. The van der Waals surface area contributed by atoms with Crippen LogP contribution in [0.15, 0.2) is 40.7 Å². The zero-order valence-corrected chi connectivity index (χ0v) is 13.8. The van der Waals surface area contributed by atoms with E-state index in [4.69, 9.17) is 0 Å². The van der Waals surface area contributed by atoms with Crippen molar-refractivity contribution in [3.05, 3.63) is 41.3 Å². The maximum atomic E-state index is 12.6. The molecule has 0 aliphatic carbocycles. The van der Waals surface area contributed by atoms with Crippen molar-refractivity contribution in [2.75, 3.05) is 30.4 Å². The minimum absolute atomic E-state index is 0.230. The monoisotopic (exact) mass is 327 g/mol. The Bertz CT molecular complexity index is 810. The summed E-state index contributed by atoms with van der Waals surface area (Å²) in [5.41, 5.74) is 1.09. The number of hydrogen-bond donors (Lipinski definition) is 1. The lowest BCUT2D eigenvalue weighted by Crippen LogP contribution is -2.48. The molecule has 118 valence electrons. The van der Waals surface area contributed by atoms with Crippen molar-refractivity contribution in [2.24, 2.45) is 4.99 Å². The molecule has 2 aliphatic heterocycles. The van der Waals surface area contributed by atoms with Gasteiger partial charge in [0.15, 0.2) is 11.4 Å². The number of Topliss-reactive ketones (excluding diaryl/α,β-unsaturated/α-hetero) is 1. The number of carbonyl (C=O) groups excluding carboxylic acids is 1. The molecule has 2 aromatic rings. The lowest BCUT2D eigenvalue weighted by atomic mass is 9.90. The number of aliphatic hydroxyl groups is 1. The topological polar surface area (TPSA) is 56.1 Å². The van der Waals surface area contributed by atoms with Crippen molar-refractivity contribution in [1.29, 1.82) is 0 Å². The summed E-state index contributed by atoms with van der Waals surface area (Å²) in [5, 5.41) is 13.4. The Morgan fingerprint density at radius 1 is 1.26 bits per heavy atom. The SMILES string of the molecule is CN(C)c1ccc(N2CC[C@@]3(O)C(=O)c4ccsc4N=C23)cc1. The second-order valence-electron chi connectivity index (χ2n) is 6.08. The highest BCUT2D eigenvalue weighted by atomic mass is 32.1. The molecule has 0 saturated carbocycles. The van der Waals surface area contributed by atoms with Crippen LogP contribution in [-0.4, -0.2) is 43.0 Å². The number of amidine groups is 1. The van der Waals surface area contributed by atoms with E-state index in [2.05, 4.69) is 4.99 Å². The summed E-state index contributed by atoms with van der Waals surface area (Å²) < 4.78 is 0. The van der Waals surface area contributed by atoms with E-state index in [-0.39, 0.29) is 5.78 Å². The van der Waals surface area contributed by atoms with Crippen LogP contribution in [0.1, 0.15) is 16.8 Å². The molecule has 0 unspecified atom stereocenters. The lowest BCUT2D eigenvalue weighted by Gasteiger charge is -2.28. The number of anilines is 2. The van der Waals surface area contributed by atoms with Crippen LogP contribution in [-0.2, 0) is 0 Å². The molecule has 1 N–H and O–H groups in total. The molecule has 1 saturated heterocycles. The highest BCUT2D eigenvalue weighted by Gasteiger charge is 2.52. The normalized spacial score (nSPS) is 22.7. The third-order valence-corrected chi connectivity index (χ3v) is 5.28. The van der Waals surface area contributed by atoms with Gasteiger partial charge in [0.1, 0.15) is 5.00 Å². The molecule has 0 amide bonds. The summed E-state index contributed by atoms with van der Waals surface area (Å²) in [6.45, 7) is 0.581. The molecule has 1 aromatic heterocycles. The maximum Gasteiger partial charge on any atom is 0.205 e. The number of benzene rings is 1. The van der Waals surface area contributed by atoms with E-state index >= 15 is 0 Å². The van der Waals surface area contributed by atoms with Gasteiger partial charge >= 0.3 is 0 Å². The van der Waals surface area contributed by atoms with E-state index in [1.54, 1.807) is 6.07 Å². The molecule has 2 aliphatic rings.